The van der Waals surface area contributed by atoms with Crippen LogP contribution in [0.1, 0.15) is 16.2 Å². The second-order valence-corrected chi connectivity index (χ2v) is 6.71. The fourth-order valence-electron chi connectivity index (χ4n) is 3.36. The summed E-state index contributed by atoms with van der Waals surface area (Å²) in [5, 5.41) is 8.54. The topological polar surface area (TPSA) is 99.6 Å². The van der Waals surface area contributed by atoms with Crippen molar-refractivity contribution in [2.24, 2.45) is 0 Å². The van der Waals surface area contributed by atoms with E-state index in [4.69, 9.17) is 4.52 Å². The Morgan fingerprint density at radius 2 is 2.03 bits per heavy atom. The Balaban J connectivity index is 1.26. The van der Waals surface area contributed by atoms with Crippen LogP contribution in [0.4, 0.5) is 4.39 Å². The molecule has 29 heavy (non-hydrogen) atoms. The van der Waals surface area contributed by atoms with Gasteiger partial charge in [-0.2, -0.15) is 4.98 Å². The Labute approximate surface area is 163 Å². The number of rotatable bonds is 5. The standard InChI is InChI=1S/C21H16FN5O2/c22-15-3-4-17-16(10-15)14(11-25-17)6-8-24-20(28)21-26-19(27-29-21)13-2-1-12-5-7-23-18(12)9-13/h1-5,7,9-11,23,25H,6,8H2,(H,24,28). The summed E-state index contributed by atoms with van der Waals surface area (Å²) in [5.74, 6) is -0.496. The molecular formula is C21H16FN5O2. The molecule has 5 aromatic rings. The smallest absolute Gasteiger partial charge is 0.316 e. The second kappa shape index (κ2) is 6.90. The maximum atomic E-state index is 13.5. The quantitative estimate of drug-likeness (QED) is 0.426. The first-order chi connectivity index (χ1) is 14.2. The molecule has 0 unspecified atom stereocenters. The van der Waals surface area contributed by atoms with E-state index in [1.165, 1.54) is 12.1 Å². The zero-order valence-electron chi connectivity index (χ0n) is 15.2. The van der Waals surface area contributed by atoms with Crippen molar-refractivity contribution >= 4 is 27.7 Å². The molecule has 3 heterocycles. The van der Waals surface area contributed by atoms with Crippen molar-refractivity contribution in [3.8, 4) is 11.4 Å². The van der Waals surface area contributed by atoms with Crippen molar-refractivity contribution < 1.29 is 13.7 Å². The number of aromatic amines is 2. The predicted octanol–water partition coefficient (Wildman–Crippen LogP) is 3.81. The van der Waals surface area contributed by atoms with Gasteiger partial charge in [0.1, 0.15) is 5.82 Å². The number of hydrogen-bond donors (Lipinski definition) is 3. The van der Waals surface area contributed by atoms with E-state index in [2.05, 4.69) is 25.4 Å². The average molecular weight is 389 g/mol. The zero-order chi connectivity index (χ0) is 19.8. The highest BCUT2D eigenvalue weighted by Gasteiger charge is 2.16. The van der Waals surface area contributed by atoms with Crippen LogP contribution in [0.5, 0.6) is 0 Å². The molecule has 3 aromatic heterocycles. The molecule has 0 bridgehead atoms. The molecule has 0 atom stereocenters. The third-order valence-electron chi connectivity index (χ3n) is 4.84. The van der Waals surface area contributed by atoms with Crippen LogP contribution < -0.4 is 5.32 Å². The van der Waals surface area contributed by atoms with E-state index in [1.807, 2.05) is 36.7 Å². The molecule has 0 spiro atoms. The van der Waals surface area contributed by atoms with E-state index in [-0.39, 0.29) is 11.7 Å². The van der Waals surface area contributed by atoms with Crippen LogP contribution in [-0.2, 0) is 6.42 Å². The monoisotopic (exact) mass is 389 g/mol. The van der Waals surface area contributed by atoms with E-state index >= 15 is 0 Å². The summed E-state index contributed by atoms with van der Waals surface area (Å²) in [6.45, 7) is 0.356. The maximum absolute atomic E-state index is 13.5. The van der Waals surface area contributed by atoms with Gasteiger partial charge in [-0.3, -0.25) is 4.79 Å². The number of H-pyrrole nitrogens is 2. The number of amides is 1. The van der Waals surface area contributed by atoms with Crippen molar-refractivity contribution in [2.75, 3.05) is 6.54 Å². The lowest BCUT2D eigenvalue weighted by molar-refractivity contribution is 0.0910. The highest BCUT2D eigenvalue weighted by molar-refractivity contribution is 5.90. The van der Waals surface area contributed by atoms with Crippen molar-refractivity contribution in [1.29, 1.82) is 0 Å². The third kappa shape index (κ3) is 3.25. The van der Waals surface area contributed by atoms with Crippen LogP contribution >= 0.6 is 0 Å². The van der Waals surface area contributed by atoms with Gasteiger partial charge in [0.05, 0.1) is 0 Å². The highest BCUT2D eigenvalue weighted by atomic mass is 19.1. The summed E-state index contributed by atoms with van der Waals surface area (Å²) in [4.78, 5) is 22.7. The second-order valence-electron chi connectivity index (χ2n) is 6.71. The van der Waals surface area contributed by atoms with Crippen LogP contribution in [-0.4, -0.2) is 32.6 Å². The molecule has 0 aliphatic rings. The molecule has 0 aliphatic heterocycles. The first-order valence-electron chi connectivity index (χ1n) is 9.12. The maximum Gasteiger partial charge on any atom is 0.316 e. The Morgan fingerprint density at radius 1 is 1.10 bits per heavy atom. The van der Waals surface area contributed by atoms with Crippen molar-refractivity contribution in [2.45, 2.75) is 6.42 Å². The molecule has 7 nitrogen and oxygen atoms in total. The van der Waals surface area contributed by atoms with Gasteiger partial charge in [-0.15, -0.1) is 0 Å². The lowest BCUT2D eigenvalue weighted by atomic mass is 10.1. The van der Waals surface area contributed by atoms with E-state index in [0.717, 1.165) is 32.9 Å². The number of carbonyl (C=O) groups excluding carboxylic acids is 1. The highest BCUT2D eigenvalue weighted by Crippen LogP contribution is 2.22. The summed E-state index contributed by atoms with van der Waals surface area (Å²) >= 11 is 0. The molecule has 0 fully saturated rings. The van der Waals surface area contributed by atoms with Crippen molar-refractivity contribution in [3.05, 3.63) is 72.1 Å². The summed E-state index contributed by atoms with van der Waals surface area (Å²) in [5.41, 5.74) is 3.48. The molecule has 0 aliphatic carbocycles. The molecule has 2 aromatic carbocycles. The fraction of sp³-hybridized carbons (Fsp3) is 0.0952. The predicted molar refractivity (Wildman–Crippen MR) is 106 cm³/mol. The van der Waals surface area contributed by atoms with Crippen LogP contribution in [0.25, 0.3) is 33.2 Å². The minimum Gasteiger partial charge on any atom is -0.361 e. The average Bonchev–Trinajstić information content (AvgIpc) is 3.47. The van der Waals surface area contributed by atoms with Crippen LogP contribution in [0.3, 0.4) is 0 Å². The minimum atomic E-state index is -0.448. The summed E-state index contributed by atoms with van der Waals surface area (Å²) < 4.78 is 18.6. The number of hydrogen-bond acceptors (Lipinski definition) is 4. The lowest BCUT2D eigenvalue weighted by Gasteiger charge is -2.01. The molecule has 8 heteroatoms. The van der Waals surface area contributed by atoms with Gasteiger partial charge in [-0.25, -0.2) is 4.39 Å². The molecule has 0 saturated heterocycles. The Hall–Kier alpha value is -3.94. The molecule has 144 valence electrons. The third-order valence-corrected chi connectivity index (χ3v) is 4.84. The fourth-order valence-corrected chi connectivity index (χ4v) is 3.36. The number of nitrogens with one attached hydrogen (secondary N) is 3. The minimum absolute atomic E-state index is 0.100. The Kier molecular flexibility index (Phi) is 4.09. The van der Waals surface area contributed by atoms with Gasteiger partial charge in [-0.05, 0) is 47.7 Å². The Morgan fingerprint density at radius 3 is 2.97 bits per heavy atom. The van der Waals surface area contributed by atoms with Crippen LogP contribution in [0.15, 0.2) is 59.4 Å². The van der Waals surface area contributed by atoms with Crippen LogP contribution in [0.2, 0.25) is 0 Å². The lowest BCUT2D eigenvalue weighted by Crippen LogP contribution is -2.25. The molecule has 0 saturated carbocycles. The van der Waals surface area contributed by atoms with Gasteiger partial charge in [0.25, 0.3) is 0 Å². The van der Waals surface area contributed by atoms with E-state index < -0.39 is 5.91 Å². The molecule has 3 N–H and O–H groups in total. The molecule has 0 radical (unpaired) electrons. The molecular weight excluding hydrogens is 373 g/mol. The number of fused-ring (bicyclic) bond motifs is 2. The summed E-state index contributed by atoms with van der Waals surface area (Å²) in [6, 6.07) is 12.3. The summed E-state index contributed by atoms with van der Waals surface area (Å²) in [6.07, 6.45) is 4.21. The number of carbonyl (C=O) groups is 1. The van der Waals surface area contributed by atoms with Gasteiger partial charge < -0.3 is 19.8 Å². The molecule has 5 rings (SSSR count). The van der Waals surface area contributed by atoms with Gasteiger partial charge in [-0.1, -0.05) is 17.3 Å². The number of aromatic nitrogens is 4. The first kappa shape index (κ1) is 17.2. The van der Waals surface area contributed by atoms with Gasteiger partial charge in [0, 0.05) is 40.9 Å². The van der Waals surface area contributed by atoms with Gasteiger partial charge >= 0.3 is 11.8 Å². The van der Waals surface area contributed by atoms with Crippen LogP contribution in [0, 0.1) is 5.82 Å². The van der Waals surface area contributed by atoms with E-state index in [1.54, 1.807) is 6.07 Å². The number of benzene rings is 2. The normalized spacial score (nSPS) is 11.3. The first-order valence-corrected chi connectivity index (χ1v) is 9.12. The van der Waals surface area contributed by atoms with E-state index in [0.29, 0.717) is 18.8 Å². The van der Waals surface area contributed by atoms with Gasteiger partial charge in [0.15, 0.2) is 0 Å². The number of halogens is 1. The van der Waals surface area contributed by atoms with Gasteiger partial charge in [0.2, 0.25) is 5.82 Å². The largest absolute Gasteiger partial charge is 0.361 e. The number of nitrogens with zero attached hydrogens (tertiary/aromatic N) is 2. The van der Waals surface area contributed by atoms with Crippen molar-refractivity contribution in [1.82, 2.24) is 25.4 Å². The van der Waals surface area contributed by atoms with Crippen molar-refractivity contribution in [3.63, 3.8) is 0 Å². The SMILES string of the molecule is O=C(NCCc1c[nH]c2ccc(F)cc12)c1nc(-c2ccc3cc[nH]c3c2)no1. The van der Waals surface area contributed by atoms with E-state index in [9.17, 15) is 9.18 Å². The Bertz CT molecular complexity index is 1330. The zero-order valence-corrected chi connectivity index (χ0v) is 15.2. The summed E-state index contributed by atoms with van der Waals surface area (Å²) in [7, 11) is 0. The molecule has 1 amide bonds.